The molecule has 2 rings (SSSR count). The molecule has 0 spiro atoms. The van der Waals surface area contributed by atoms with Gasteiger partial charge in [0.25, 0.3) is 0 Å². The molecule has 1 aromatic rings. The van der Waals surface area contributed by atoms with Crippen molar-refractivity contribution in [1.82, 2.24) is 0 Å². The second-order valence-corrected chi connectivity index (χ2v) is 4.46. The van der Waals surface area contributed by atoms with E-state index in [-0.39, 0.29) is 0 Å². The first-order valence-electron chi connectivity index (χ1n) is 6.39. The number of benzene rings is 1. The summed E-state index contributed by atoms with van der Waals surface area (Å²) in [7, 11) is 0. The van der Waals surface area contributed by atoms with Gasteiger partial charge in [-0.3, -0.25) is 0 Å². The molecule has 1 aromatic carbocycles. The van der Waals surface area contributed by atoms with Gasteiger partial charge in [0.05, 0.1) is 0 Å². The van der Waals surface area contributed by atoms with Gasteiger partial charge in [-0.2, -0.15) is 0 Å². The van der Waals surface area contributed by atoms with E-state index in [1.807, 2.05) is 12.2 Å². The van der Waals surface area contributed by atoms with Crippen LogP contribution in [0.2, 0.25) is 0 Å². The van der Waals surface area contributed by atoms with Gasteiger partial charge in [0, 0.05) is 6.42 Å². The van der Waals surface area contributed by atoms with E-state index in [1.54, 1.807) is 6.08 Å². The van der Waals surface area contributed by atoms with Crippen LogP contribution in [-0.2, 0) is 12.8 Å². The third-order valence-corrected chi connectivity index (χ3v) is 3.35. The van der Waals surface area contributed by atoms with Crippen LogP contribution in [-0.4, -0.2) is 6.17 Å². The van der Waals surface area contributed by atoms with Gasteiger partial charge in [0.15, 0.2) is 0 Å². The molecule has 0 nitrogen and oxygen atoms in total. The lowest BCUT2D eigenvalue weighted by Gasteiger charge is -2.13. The Morgan fingerprint density at radius 3 is 2.53 bits per heavy atom. The van der Waals surface area contributed by atoms with Crippen LogP contribution in [0.5, 0.6) is 0 Å². The van der Waals surface area contributed by atoms with E-state index in [0.29, 0.717) is 6.42 Å². The zero-order valence-electron chi connectivity index (χ0n) is 10.5. The summed E-state index contributed by atoms with van der Waals surface area (Å²) in [6, 6.07) is 6.59. The lowest BCUT2D eigenvalue weighted by atomic mass is 9.94. The third kappa shape index (κ3) is 2.66. The summed E-state index contributed by atoms with van der Waals surface area (Å²) in [6.45, 7) is 4.36. The summed E-state index contributed by atoms with van der Waals surface area (Å²) in [4.78, 5) is 0. The van der Waals surface area contributed by atoms with E-state index in [0.717, 1.165) is 18.4 Å². The van der Waals surface area contributed by atoms with E-state index in [4.69, 9.17) is 0 Å². The van der Waals surface area contributed by atoms with Crippen molar-refractivity contribution < 1.29 is 4.39 Å². The summed E-state index contributed by atoms with van der Waals surface area (Å²) in [5.41, 5.74) is 5.18. The fourth-order valence-electron chi connectivity index (χ4n) is 2.29. The van der Waals surface area contributed by atoms with Crippen LogP contribution in [0.3, 0.4) is 0 Å². The van der Waals surface area contributed by atoms with Crippen LogP contribution in [0.4, 0.5) is 4.39 Å². The molecule has 0 saturated carbocycles. The Balaban J connectivity index is 2.31. The van der Waals surface area contributed by atoms with Crippen molar-refractivity contribution in [1.29, 1.82) is 0 Å². The van der Waals surface area contributed by atoms with Crippen molar-refractivity contribution in [2.45, 2.75) is 39.3 Å². The van der Waals surface area contributed by atoms with Crippen molar-refractivity contribution >= 4 is 5.57 Å². The first-order valence-corrected chi connectivity index (χ1v) is 6.39. The number of allylic oxidation sites excluding steroid dienone is 4. The second-order valence-electron chi connectivity index (χ2n) is 4.46. The molecule has 0 radical (unpaired) electrons. The number of alkyl halides is 1. The van der Waals surface area contributed by atoms with Crippen molar-refractivity contribution in [3.8, 4) is 0 Å². The van der Waals surface area contributed by atoms with E-state index in [9.17, 15) is 4.39 Å². The molecular formula is C16H19F. The molecule has 17 heavy (non-hydrogen) atoms. The van der Waals surface area contributed by atoms with E-state index in [2.05, 4.69) is 32.0 Å². The Labute approximate surface area is 103 Å². The Hall–Kier alpha value is -1.37. The molecule has 1 aliphatic carbocycles. The highest BCUT2D eigenvalue weighted by Crippen LogP contribution is 2.25. The molecule has 1 unspecified atom stereocenters. The lowest BCUT2D eigenvalue weighted by molar-refractivity contribution is 0.402. The fraction of sp³-hybridized carbons (Fsp3) is 0.375. The Morgan fingerprint density at radius 2 is 1.94 bits per heavy atom. The van der Waals surface area contributed by atoms with Crippen LogP contribution in [0, 0.1) is 0 Å². The number of rotatable bonds is 3. The Kier molecular flexibility index (Phi) is 3.78. The van der Waals surface area contributed by atoms with E-state index in [1.165, 1.54) is 16.7 Å². The quantitative estimate of drug-likeness (QED) is 0.717. The highest BCUT2D eigenvalue weighted by Gasteiger charge is 2.09. The van der Waals surface area contributed by atoms with Crippen molar-refractivity contribution in [2.75, 3.05) is 0 Å². The fourth-order valence-corrected chi connectivity index (χ4v) is 2.29. The summed E-state index contributed by atoms with van der Waals surface area (Å²) < 4.78 is 13.0. The SMILES string of the molecule is CCc1ccc(C2=CCC(F)C=C2)cc1CC. The standard InChI is InChI=1S/C16H19F/c1-3-12-5-6-15(11-13(12)4-2)14-7-9-16(17)10-8-14/h5-9,11,16H,3-4,10H2,1-2H3. The summed E-state index contributed by atoms with van der Waals surface area (Å²) >= 11 is 0. The number of hydrogen-bond donors (Lipinski definition) is 0. The van der Waals surface area contributed by atoms with Crippen LogP contribution in [0.15, 0.2) is 36.4 Å². The summed E-state index contributed by atoms with van der Waals surface area (Å²) in [5.74, 6) is 0. The molecule has 0 aromatic heterocycles. The average Bonchev–Trinajstić information content (AvgIpc) is 2.39. The number of halogens is 1. The molecule has 0 amide bonds. The number of aryl methyl sites for hydroxylation is 2. The summed E-state index contributed by atoms with van der Waals surface area (Å²) in [5, 5.41) is 0. The Bertz CT molecular complexity index is 455. The van der Waals surface area contributed by atoms with Gasteiger partial charge in [-0.15, -0.1) is 0 Å². The van der Waals surface area contributed by atoms with Gasteiger partial charge >= 0.3 is 0 Å². The van der Waals surface area contributed by atoms with Gasteiger partial charge in [-0.05, 0) is 41.2 Å². The summed E-state index contributed by atoms with van der Waals surface area (Å²) in [6.07, 6.45) is 7.36. The van der Waals surface area contributed by atoms with Crippen LogP contribution in [0.1, 0.15) is 37.0 Å². The molecule has 0 fully saturated rings. The van der Waals surface area contributed by atoms with Gasteiger partial charge in [-0.25, -0.2) is 4.39 Å². The van der Waals surface area contributed by atoms with Crippen molar-refractivity contribution in [3.05, 3.63) is 53.1 Å². The lowest BCUT2D eigenvalue weighted by Crippen LogP contribution is -1.99. The minimum atomic E-state index is -0.806. The molecule has 90 valence electrons. The first-order chi connectivity index (χ1) is 8.24. The smallest absolute Gasteiger partial charge is 0.122 e. The van der Waals surface area contributed by atoms with Crippen LogP contribution < -0.4 is 0 Å². The molecule has 0 bridgehead atoms. The topological polar surface area (TPSA) is 0 Å². The third-order valence-electron chi connectivity index (χ3n) is 3.35. The van der Waals surface area contributed by atoms with E-state index >= 15 is 0 Å². The molecular weight excluding hydrogens is 211 g/mol. The largest absolute Gasteiger partial charge is 0.243 e. The minimum Gasteiger partial charge on any atom is -0.243 e. The molecule has 0 saturated heterocycles. The first kappa shape index (κ1) is 12.1. The van der Waals surface area contributed by atoms with Crippen molar-refractivity contribution in [2.24, 2.45) is 0 Å². The maximum atomic E-state index is 13.0. The van der Waals surface area contributed by atoms with Crippen molar-refractivity contribution in [3.63, 3.8) is 0 Å². The molecule has 1 aliphatic rings. The van der Waals surface area contributed by atoms with Crippen LogP contribution in [0.25, 0.3) is 5.57 Å². The maximum absolute atomic E-state index is 13.0. The zero-order chi connectivity index (χ0) is 12.3. The average molecular weight is 230 g/mol. The van der Waals surface area contributed by atoms with Gasteiger partial charge in [-0.1, -0.05) is 44.2 Å². The Morgan fingerprint density at radius 1 is 1.18 bits per heavy atom. The van der Waals surface area contributed by atoms with Crippen LogP contribution >= 0.6 is 0 Å². The van der Waals surface area contributed by atoms with Gasteiger partial charge in [0.2, 0.25) is 0 Å². The molecule has 1 heteroatoms. The predicted octanol–water partition coefficient (Wildman–Crippen LogP) is 4.49. The predicted molar refractivity (Wildman–Crippen MR) is 71.8 cm³/mol. The highest BCUT2D eigenvalue weighted by molar-refractivity contribution is 5.75. The maximum Gasteiger partial charge on any atom is 0.122 e. The molecule has 0 N–H and O–H groups in total. The molecule has 1 atom stereocenters. The monoisotopic (exact) mass is 230 g/mol. The normalized spacial score (nSPS) is 19.2. The highest BCUT2D eigenvalue weighted by atomic mass is 19.1. The second kappa shape index (κ2) is 5.31. The molecule has 0 aliphatic heterocycles. The van der Waals surface area contributed by atoms with E-state index < -0.39 is 6.17 Å². The van der Waals surface area contributed by atoms with Gasteiger partial charge in [0.1, 0.15) is 6.17 Å². The van der Waals surface area contributed by atoms with Gasteiger partial charge < -0.3 is 0 Å². The minimum absolute atomic E-state index is 0.503. The molecule has 0 heterocycles. The number of hydrogen-bond acceptors (Lipinski definition) is 0. The zero-order valence-corrected chi connectivity index (χ0v) is 10.5.